The monoisotopic (exact) mass is 283 g/mol. The summed E-state index contributed by atoms with van der Waals surface area (Å²) in [6, 6.07) is 18.8. The summed E-state index contributed by atoms with van der Waals surface area (Å²) >= 11 is 3.51. The predicted molar refractivity (Wildman–Crippen MR) is 74.9 cm³/mol. The Hall–Kier alpha value is -1.67. The summed E-state index contributed by atoms with van der Waals surface area (Å²) in [5.41, 5.74) is 2.34. The first kappa shape index (κ1) is 10.5. The molecule has 2 aromatic carbocycles. The van der Waals surface area contributed by atoms with Crippen molar-refractivity contribution in [2.75, 3.05) is 0 Å². The van der Waals surface area contributed by atoms with Crippen LogP contribution in [0, 0.1) is 0 Å². The molecule has 0 fully saturated rings. The van der Waals surface area contributed by atoms with Crippen molar-refractivity contribution < 1.29 is 0 Å². The van der Waals surface area contributed by atoms with Gasteiger partial charge in [0.2, 0.25) is 0 Å². The molecule has 1 heterocycles. The van der Waals surface area contributed by atoms with E-state index in [4.69, 9.17) is 0 Å². The highest BCUT2D eigenvalue weighted by Gasteiger charge is 2.06. The Morgan fingerprint density at radius 1 is 0.765 bits per heavy atom. The standard InChI is InChI=1S/C15H10BrN/c16-15-14(9-4-10-17-15)13-8-3-6-11-5-1-2-7-12(11)13/h1-10H. The second-order valence-corrected chi connectivity index (χ2v) is 4.62. The van der Waals surface area contributed by atoms with Crippen molar-refractivity contribution in [3.05, 3.63) is 65.4 Å². The summed E-state index contributed by atoms with van der Waals surface area (Å²) < 4.78 is 0.886. The van der Waals surface area contributed by atoms with Crippen LogP contribution in [0.25, 0.3) is 21.9 Å². The highest BCUT2D eigenvalue weighted by atomic mass is 79.9. The second-order valence-electron chi connectivity index (χ2n) is 3.87. The van der Waals surface area contributed by atoms with E-state index in [1.165, 1.54) is 16.3 Å². The third-order valence-electron chi connectivity index (χ3n) is 2.84. The number of pyridine rings is 1. The number of hydrogen-bond acceptors (Lipinski definition) is 1. The average Bonchev–Trinajstić information content (AvgIpc) is 2.39. The number of fused-ring (bicyclic) bond motifs is 1. The molecule has 3 aromatic rings. The predicted octanol–water partition coefficient (Wildman–Crippen LogP) is 4.66. The highest BCUT2D eigenvalue weighted by Crippen LogP contribution is 2.32. The molecule has 0 saturated heterocycles. The minimum Gasteiger partial charge on any atom is -0.249 e. The van der Waals surface area contributed by atoms with Gasteiger partial charge < -0.3 is 0 Å². The molecule has 0 spiro atoms. The van der Waals surface area contributed by atoms with E-state index in [1.54, 1.807) is 6.20 Å². The number of rotatable bonds is 1. The molecule has 0 unspecified atom stereocenters. The van der Waals surface area contributed by atoms with E-state index in [2.05, 4.69) is 69.4 Å². The third-order valence-corrected chi connectivity index (χ3v) is 3.47. The summed E-state index contributed by atoms with van der Waals surface area (Å²) in [6.45, 7) is 0. The third kappa shape index (κ3) is 1.85. The molecule has 2 heteroatoms. The number of halogens is 1. The minimum absolute atomic E-state index is 0.886. The van der Waals surface area contributed by atoms with Crippen LogP contribution in [0.4, 0.5) is 0 Å². The molecule has 0 saturated carbocycles. The lowest BCUT2D eigenvalue weighted by molar-refractivity contribution is 1.28. The lowest BCUT2D eigenvalue weighted by Gasteiger charge is -2.07. The van der Waals surface area contributed by atoms with Crippen LogP contribution >= 0.6 is 15.9 Å². The van der Waals surface area contributed by atoms with E-state index >= 15 is 0 Å². The first-order valence-electron chi connectivity index (χ1n) is 5.45. The zero-order valence-corrected chi connectivity index (χ0v) is 10.7. The van der Waals surface area contributed by atoms with Gasteiger partial charge in [0.25, 0.3) is 0 Å². The Labute approximate surface area is 108 Å². The van der Waals surface area contributed by atoms with Crippen molar-refractivity contribution in [2.24, 2.45) is 0 Å². The maximum absolute atomic E-state index is 4.28. The van der Waals surface area contributed by atoms with E-state index < -0.39 is 0 Å². The smallest absolute Gasteiger partial charge is 0.113 e. The molecule has 82 valence electrons. The Morgan fingerprint density at radius 3 is 2.41 bits per heavy atom. The lowest BCUT2D eigenvalue weighted by atomic mass is 10.00. The molecule has 0 aliphatic heterocycles. The van der Waals surface area contributed by atoms with Crippen molar-refractivity contribution >= 4 is 26.7 Å². The first-order chi connectivity index (χ1) is 8.36. The molecule has 0 bridgehead atoms. The van der Waals surface area contributed by atoms with Crippen LogP contribution in [-0.4, -0.2) is 4.98 Å². The van der Waals surface area contributed by atoms with Crippen LogP contribution in [0.15, 0.2) is 65.4 Å². The van der Waals surface area contributed by atoms with E-state index in [-0.39, 0.29) is 0 Å². The summed E-state index contributed by atoms with van der Waals surface area (Å²) in [5.74, 6) is 0. The van der Waals surface area contributed by atoms with Gasteiger partial charge in [-0.15, -0.1) is 0 Å². The van der Waals surface area contributed by atoms with Gasteiger partial charge in [0.1, 0.15) is 4.60 Å². The van der Waals surface area contributed by atoms with Crippen LogP contribution in [0.5, 0.6) is 0 Å². The fourth-order valence-electron chi connectivity index (χ4n) is 2.05. The van der Waals surface area contributed by atoms with Crippen molar-refractivity contribution in [3.8, 4) is 11.1 Å². The summed E-state index contributed by atoms with van der Waals surface area (Å²) in [6.07, 6.45) is 1.79. The molecule has 0 aliphatic rings. The highest BCUT2D eigenvalue weighted by molar-refractivity contribution is 9.10. The SMILES string of the molecule is Brc1ncccc1-c1cccc2ccccc12. The Morgan fingerprint density at radius 2 is 1.53 bits per heavy atom. The first-order valence-corrected chi connectivity index (χ1v) is 6.24. The molecule has 0 radical (unpaired) electrons. The van der Waals surface area contributed by atoms with Gasteiger partial charge in [0.05, 0.1) is 0 Å². The zero-order chi connectivity index (χ0) is 11.7. The van der Waals surface area contributed by atoms with E-state index in [1.807, 2.05) is 6.07 Å². The second kappa shape index (κ2) is 4.30. The van der Waals surface area contributed by atoms with Gasteiger partial charge in [-0.1, -0.05) is 48.5 Å². The largest absolute Gasteiger partial charge is 0.249 e. The van der Waals surface area contributed by atoms with Gasteiger partial charge in [-0.25, -0.2) is 4.98 Å². The normalized spacial score (nSPS) is 10.6. The zero-order valence-electron chi connectivity index (χ0n) is 9.10. The quantitative estimate of drug-likeness (QED) is 0.592. The van der Waals surface area contributed by atoms with Gasteiger partial charge in [0, 0.05) is 11.8 Å². The molecule has 17 heavy (non-hydrogen) atoms. The Balaban J connectivity index is 2.35. The maximum Gasteiger partial charge on any atom is 0.113 e. The van der Waals surface area contributed by atoms with Crippen LogP contribution in [0.3, 0.4) is 0 Å². The molecule has 0 aliphatic carbocycles. The minimum atomic E-state index is 0.886. The molecule has 0 amide bonds. The van der Waals surface area contributed by atoms with E-state index in [0.717, 1.165) is 10.2 Å². The van der Waals surface area contributed by atoms with Crippen molar-refractivity contribution in [3.63, 3.8) is 0 Å². The van der Waals surface area contributed by atoms with Crippen molar-refractivity contribution in [1.82, 2.24) is 4.98 Å². The van der Waals surface area contributed by atoms with Crippen LogP contribution in [-0.2, 0) is 0 Å². The average molecular weight is 284 g/mol. The topological polar surface area (TPSA) is 12.9 Å². The Kier molecular flexibility index (Phi) is 2.65. The molecule has 0 N–H and O–H groups in total. The molecule has 3 rings (SSSR count). The van der Waals surface area contributed by atoms with Crippen LogP contribution in [0.1, 0.15) is 0 Å². The van der Waals surface area contributed by atoms with E-state index in [9.17, 15) is 0 Å². The molecule has 1 aromatic heterocycles. The van der Waals surface area contributed by atoms with Crippen molar-refractivity contribution in [1.29, 1.82) is 0 Å². The number of nitrogens with zero attached hydrogens (tertiary/aromatic N) is 1. The molecule has 0 atom stereocenters. The maximum atomic E-state index is 4.28. The number of benzene rings is 2. The van der Waals surface area contributed by atoms with Gasteiger partial charge in [-0.2, -0.15) is 0 Å². The summed E-state index contributed by atoms with van der Waals surface area (Å²) in [7, 11) is 0. The van der Waals surface area contributed by atoms with Gasteiger partial charge in [0.15, 0.2) is 0 Å². The summed E-state index contributed by atoms with van der Waals surface area (Å²) in [4.78, 5) is 4.28. The van der Waals surface area contributed by atoms with Gasteiger partial charge in [-0.3, -0.25) is 0 Å². The lowest BCUT2D eigenvalue weighted by Crippen LogP contribution is -1.84. The molecular weight excluding hydrogens is 274 g/mol. The Bertz CT molecular complexity index is 671. The summed E-state index contributed by atoms with van der Waals surface area (Å²) in [5, 5.41) is 2.50. The number of hydrogen-bond donors (Lipinski definition) is 0. The van der Waals surface area contributed by atoms with Crippen molar-refractivity contribution in [2.45, 2.75) is 0 Å². The van der Waals surface area contributed by atoms with Crippen LogP contribution in [0.2, 0.25) is 0 Å². The van der Waals surface area contributed by atoms with Gasteiger partial charge >= 0.3 is 0 Å². The van der Waals surface area contributed by atoms with E-state index in [0.29, 0.717) is 0 Å². The molecule has 1 nitrogen and oxygen atoms in total. The fourth-order valence-corrected chi connectivity index (χ4v) is 2.51. The fraction of sp³-hybridized carbons (Fsp3) is 0. The molecular formula is C15H10BrN. The number of aromatic nitrogens is 1. The van der Waals surface area contributed by atoms with Crippen LogP contribution < -0.4 is 0 Å². The van der Waals surface area contributed by atoms with Gasteiger partial charge in [-0.05, 0) is 38.3 Å².